The SMILES string of the molecule is NC(=O)C(=O)C(Cc1ccccc1)NC(=O)c1ccc2c(c1)OCO2. The van der Waals surface area contributed by atoms with Gasteiger partial charge in [0.05, 0.1) is 0 Å². The number of primary amides is 1. The van der Waals surface area contributed by atoms with Gasteiger partial charge in [-0.2, -0.15) is 0 Å². The van der Waals surface area contributed by atoms with Crippen molar-refractivity contribution < 1.29 is 23.9 Å². The Bertz CT molecular complexity index is 819. The lowest BCUT2D eigenvalue weighted by atomic mass is 10.0. The molecule has 7 nitrogen and oxygen atoms in total. The number of rotatable bonds is 6. The fraction of sp³-hybridized carbons (Fsp3) is 0.167. The van der Waals surface area contributed by atoms with Crippen LogP contribution in [0, 0.1) is 0 Å². The molecule has 2 aromatic rings. The molecule has 0 aromatic heterocycles. The smallest absolute Gasteiger partial charge is 0.287 e. The van der Waals surface area contributed by atoms with E-state index < -0.39 is 23.6 Å². The Labute approximate surface area is 143 Å². The topological polar surface area (TPSA) is 108 Å². The molecule has 0 saturated heterocycles. The number of amides is 2. The van der Waals surface area contributed by atoms with Crippen molar-refractivity contribution in [2.45, 2.75) is 12.5 Å². The van der Waals surface area contributed by atoms with E-state index in [1.54, 1.807) is 36.4 Å². The molecule has 2 amide bonds. The Morgan fingerprint density at radius 2 is 1.76 bits per heavy atom. The van der Waals surface area contributed by atoms with Gasteiger partial charge in [-0.3, -0.25) is 14.4 Å². The van der Waals surface area contributed by atoms with E-state index in [1.165, 1.54) is 6.07 Å². The number of nitrogens with two attached hydrogens (primary N) is 1. The minimum Gasteiger partial charge on any atom is -0.454 e. The quantitative estimate of drug-likeness (QED) is 0.757. The zero-order valence-electron chi connectivity index (χ0n) is 13.2. The summed E-state index contributed by atoms with van der Waals surface area (Å²) in [4.78, 5) is 35.8. The summed E-state index contributed by atoms with van der Waals surface area (Å²) in [5.41, 5.74) is 6.19. The lowest BCUT2D eigenvalue weighted by Gasteiger charge is -2.16. The normalized spacial score (nSPS) is 13.1. The lowest BCUT2D eigenvalue weighted by Crippen LogP contribution is -2.47. The number of hydrogen-bond acceptors (Lipinski definition) is 5. The van der Waals surface area contributed by atoms with Crippen molar-refractivity contribution in [3.63, 3.8) is 0 Å². The molecular formula is C18H16N2O5. The molecule has 0 radical (unpaired) electrons. The molecule has 3 rings (SSSR count). The third-order valence-corrected chi connectivity index (χ3v) is 3.78. The fourth-order valence-corrected chi connectivity index (χ4v) is 2.51. The Morgan fingerprint density at radius 1 is 1.04 bits per heavy atom. The Morgan fingerprint density at radius 3 is 2.48 bits per heavy atom. The van der Waals surface area contributed by atoms with E-state index in [0.29, 0.717) is 17.1 Å². The second kappa shape index (κ2) is 7.04. The molecule has 1 atom stereocenters. The van der Waals surface area contributed by atoms with Crippen LogP contribution in [-0.2, 0) is 16.0 Å². The summed E-state index contributed by atoms with van der Waals surface area (Å²) in [5, 5.41) is 2.57. The van der Waals surface area contributed by atoms with Gasteiger partial charge in [-0.15, -0.1) is 0 Å². The number of fused-ring (bicyclic) bond motifs is 1. The molecule has 0 saturated carbocycles. The maximum atomic E-state index is 12.5. The Kier molecular flexibility index (Phi) is 4.65. The number of benzene rings is 2. The Balaban J connectivity index is 1.78. The standard InChI is InChI=1S/C18H16N2O5/c19-17(22)16(21)13(8-11-4-2-1-3-5-11)20-18(23)12-6-7-14-15(9-12)25-10-24-14/h1-7,9,13H,8,10H2,(H2,19,22)(H,20,23). The van der Waals surface area contributed by atoms with Crippen LogP contribution in [0.2, 0.25) is 0 Å². The van der Waals surface area contributed by atoms with E-state index in [2.05, 4.69) is 5.32 Å². The van der Waals surface area contributed by atoms with E-state index in [4.69, 9.17) is 15.2 Å². The highest BCUT2D eigenvalue weighted by atomic mass is 16.7. The summed E-state index contributed by atoms with van der Waals surface area (Å²) < 4.78 is 10.4. The average Bonchev–Trinajstić information content (AvgIpc) is 3.09. The van der Waals surface area contributed by atoms with Gasteiger partial charge in [0.15, 0.2) is 11.5 Å². The van der Waals surface area contributed by atoms with E-state index in [0.717, 1.165) is 5.56 Å². The van der Waals surface area contributed by atoms with E-state index >= 15 is 0 Å². The van der Waals surface area contributed by atoms with Gasteiger partial charge in [0.25, 0.3) is 11.8 Å². The first-order valence-corrected chi connectivity index (χ1v) is 7.62. The number of Topliss-reactive ketones (excluding diaryl/α,β-unsaturated/α-hetero) is 1. The van der Waals surface area contributed by atoms with Crippen LogP contribution >= 0.6 is 0 Å². The van der Waals surface area contributed by atoms with Gasteiger partial charge in [-0.1, -0.05) is 30.3 Å². The van der Waals surface area contributed by atoms with Crippen molar-refractivity contribution in [2.75, 3.05) is 6.79 Å². The molecule has 1 heterocycles. The number of nitrogens with one attached hydrogen (secondary N) is 1. The van der Waals surface area contributed by atoms with Crippen molar-refractivity contribution in [3.05, 3.63) is 59.7 Å². The second-order valence-electron chi connectivity index (χ2n) is 5.51. The Hall–Kier alpha value is -3.35. The molecule has 0 fully saturated rings. The van der Waals surface area contributed by atoms with Crippen molar-refractivity contribution >= 4 is 17.6 Å². The highest BCUT2D eigenvalue weighted by Crippen LogP contribution is 2.32. The van der Waals surface area contributed by atoms with Gasteiger partial charge in [-0.05, 0) is 23.8 Å². The van der Waals surface area contributed by atoms with Crippen LogP contribution in [0.15, 0.2) is 48.5 Å². The molecule has 0 spiro atoms. The predicted molar refractivity (Wildman–Crippen MR) is 88.2 cm³/mol. The molecule has 0 bridgehead atoms. The van der Waals surface area contributed by atoms with Gasteiger partial charge in [0.2, 0.25) is 12.6 Å². The van der Waals surface area contributed by atoms with Gasteiger partial charge in [-0.25, -0.2) is 0 Å². The second-order valence-corrected chi connectivity index (χ2v) is 5.51. The molecule has 128 valence electrons. The molecular weight excluding hydrogens is 324 g/mol. The maximum absolute atomic E-state index is 12.5. The first-order valence-electron chi connectivity index (χ1n) is 7.62. The number of hydrogen-bond donors (Lipinski definition) is 2. The van der Waals surface area contributed by atoms with Gasteiger partial charge in [0.1, 0.15) is 6.04 Å². The fourth-order valence-electron chi connectivity index (χ4n) is 2.51. The summed E-state index contributed by atoms with van der Waals surface area (Å²) in [6.45, 7) is 0.0944. The van der Waals surface area contributed by atoms with Crippen LogP contribution in [-0.4, -0.2) is 30.4 Å². The largest absolute Gasteiger partial charge is 0.454 e. The van der Waals surface area contributed by atoms with Crippen LogP contribution in [0.3, 0.4) is 0 Å². The predicted octanol–water partition coefficient (Wildman–Crippen LogP) is 0.811. The number of carbonyl (C=O) groups is 3. The van der Waals surface area contributed by atoms with Crippen LogP contribution in [0.4, 0.5) is 0 Å². The molecule has 1 aliphatic heterocycles. The third-order valence-electron chi connectivity index (χ3n) is 3.78. The molecule has 0 aliphatic carbocycles. The lowest BCUT2D eigenvalue weighted by molar-refractivity contribution is -0.137. The van der Waals surface area contributed by atoms with Gasteiger partial charge >= 0.3 is 0 Å². The first kappa shape index (κ1) is 16.5. The highest BCUT2D eigenvalue weighted by Gasteiger charge is 2.26. The molecule has 3 N–H and O–H groups in total. The van der Waals surface area contributed by atoms with E-state index in [1.807, 2.05) is 6.07 Å². The molecule has 25 heavy (non-hydrogen) atoms. The average molecular weight is 340 g/mol. The first-order chi connectivity index (χ1) is 12.0. The zero-order valence-corrected chi connectivity index (χ0v) is 13.2. The minimum atomic E-state index is -1.09. The molecule has 7 heteroatoms. The van der Waals surface area contributed by atoms with Crippen LogP contribution in [0.25, 0.3) is 0 Å². The molecule has 2 aromatic carbocycles. The zero-order chi connectivity index (χ0) is 17.8. The van der Waals surface area contributed by atoms with Crippen LogP contribution in [0.5, 0.6) is 11.5 Å². The van der Waals surface area contributed by atoms with Crippen LogP contribution in [0.1, 0.15) is 15.9 Å². The van der Waals surface area contributed by atoms with E-state index in [9.17, 15) is 14.4 Å². The van der Waals surface area contributed by atoms with Crippen molar-refractivity contribution in [1.82, 2.24) is 5.32 Å². The van der Waals surface area contributed by atoms with E-state index in [-0.39, 0.29) is 13.2 Å². The van der Waals surface area contributed by atoms with Gasteiger partial charge < -0.3 is 20.5 Å². The molecule has 1 unspecified atom stereocenters. The van der Waals surface area contributed by atoms with Crippen molar-refractivity contribution in [3.8, 4) is 11.5 Å². The number of ether oxygens (including phenoxy) is 2. The van der Waals surface area contributed by atoms with Crippen LogP contribution < -0.4 is 20.5 Å². The monoisotopic (exact) mass is 340 g/mol. The van der Waals surface area contributed by atoms with Crippen molar-refractivity contribution in [1.29, 1.82) is 0 Å². The third kappa shape index (κ3) is 3.77. The number of carbonyl (C=O) groups excluding carboxylic acids is 3. The summed E-state index contributed by atoms with van der Waals surface area (Å²) in [5.74, 6) is -1.45. The highest BCUT2D eigenvalue weighted by molar-refractivity contribution is 6.38. The number of ketones is 1. The summed E-state index contributed by atoms with van der Waals surface area (Å²) in [6.07, 6.45) is 0.166. The van der Waals surface area contributed by atoms with Crippen molar-refractivity contribution in [2.24, 2.45) is 5.73 Å². The summed E-state index contributed by atoms with van der Waals surface area (Å²) >= 11 is 0. The summed E-state index contributed by atoms with van der Waals surface area (Å²) in [7, 11) is 0. The van der Waals surface area contributed by atoms with Gasteiger partial charge in [0, 0.05) is 12.0 Å². The summed E-state index contributed by atoms with van der Waals surface area (Å²) in [6, 6.07) is 12.7. The maximum Gasteiger partial charge on any atom is 0.287 e. The minimum absolute atomic E-state index is 0.0944. The molecule has 1 aliphatic rings.